The van der Waals surface area contributed by atoms with Crippen molar-refractivity contribution in [3.63, 3.8) is 0 Å². The van der Waals surface area contributed by atoms with Gasteiger partial charge in [0.05, 0.1) is 34.4 Å². The third-order valence-corrected chi connectivity index (χ3v) is 7.68. The van der Waals surface area contributed by atoms with Gasteiger partial charge in [0.25, 0.3) is 0 Å². The normalized spacial score (nSPS) is 12.2. The van der Waals surface area contributed by atoms with Gasteiger partial charge in [-0.05, 0) is 62.1 Å². The van der Waals surface area contributed by atoms with Gasteiger partial charge in [-0.15, -0.1) is 0 Å². The summed E-state index contributed by atoms with van der Waals surface area (Å²) in [5.41, 5.74) is 4.33. The van der Waals surface area contributed by atoms with Crippen molar-refractivity contribution in [3.8, 4) is 5.88 Å². The van der Waals surface area contributed by atoms with Crippen LogP contribution in [0.1, 0.15) is 23.6 Å². The van der Waals surface area contributed by atoms with E-state index in [1.807, 2.05) is 49.3 Å². The molecule has 0 bridgehead atoms. The van der Waals surface area contributed by atoms with E-state index in [4.69, 9.17) is 16.6 Å². The number of aromatic amines is 1. The Bertz CT molecular complexity index is 1660. The molecule has 0 saturated heterocycles. The molecule has 3 N–H and O–H groups in total. The fraction of sp³-hybridized carbons (Fsp3) is 0.241. The number of nitrogens with zero attached hydrogens (tertiary/aromatic N) is 3. The molecule has 4 rings (SSSR count). The highest BCUT2D eigenvalue weighted by molar-refractivity contribution is 7.92. The van der Waals surface area contributed by atoms with Crippen LogP contribution in [-0.2, 0) is 21.4 Å². The molecule has 3 aromatic carbocycles. The molecular formula is C29H32ClN5O4S. The number of aromatic nitrogens is 1. The molecule has 0 saturated carbocycles. The molecule has 0 aliphatic heterocycles. The van der Waals surface area contributed by atoms with Gasteiger partial charge in [0, 0.05) is 42.5 Å². The number of aliphatic imine (C=N–C) groups is 1. The van der Waals surface area contributed by atoms with E-state index >= 15 is 0 Å². The van der Waals surface area contributed by atoms with Crippen molar-refractivity contribution in [2.75, 3.05) is 37.7 Å². The highest BCUT2D eigenvalue weighted by Crippen LogP contribution is 2.33. The van der Waals surface area contributed by atoms with Gasteiger partial charge in [-0.3, -0.25) is 9.10 Å². The maximum absolute atomic E-state index is 12.5. The summed E-state index contributed by atoms with van der Waals surface area (Å²) in [5, 5.41) is 15.0. The largest absolute Gasteiger partial charge is 0.494 e. The molecule has 0 atom stereocenters. The molecule has 40 heavy (non-hydrogen) atoms. The zero-order chi connectivity index (χ0) is 29.0. The molecule has 0 radical (unpaired) electrons. The highest BCUT2D eigenvalue weighted by Gasteiger charge is 2.20. The second kappa shape index (κ2) is 12.1. The van der Waals surface area contributed by atoms with E-state index in [1.54, 1.807) is 36.4 Å². The average Bonchev–Trinajstić information content (AvgIpc) is 3.20. The van der Waals surface area contributed by atoms with E-state index in [1.165, 1.54) is 17.5 Å². The second-order valence-electron chi connectivity index (χ2n) is 9.76. The van der Waals surface area contributed by atoms with Crippen molar-refractivity contribution >= 4 is 55.5 Å². The van der Waals surface area contributed by atoms with E-state index in [-0.39, 0.29) is 11.8 Å². The van der Waals surface area contributed by atoms with Crippen LogP contribution in [0, 0.1) is 0 Å². The van der Waals surface area contributed by atoms with Crippen LogP contribution in [0.2, 0.25) is 5.02 Å². The van der Waals surface area contributed by atoms with Crippen molar-refractivity contribution in [1.29, 1.82) is 0 Å². The standard InChI is InChI=1S/C29H32ClN5O4S/c1-19(36)31-18-20-6-5-7-21(16-20)28(27-25-13-8-22(30)17-26(25)33-29(27)37)32-23-9-11-24(12-10-23)35(40(4,38)39)15-14-34(2)3/h5-13,16-17,33,37H,14-15,18H2,1-4H3,(H,31,36). The first kappa shape index (κ1) is 29.1. The monoisotopic (exact) mass is 581 g/mol. The number of hydrogen-bond acceptors (Lipinski definition) is 6. The molecule has 4 aromatic rings. The molecule has 1 heterocycles. The van der Waals surface area contributed by atoms with E-state index in [0.717, 1.165) is 16.5 Å². The first-order valence-electron chi connectivity index (χ1n) is 12.6. The Labute approximate surface area is 239 Å². The minimum Gasteiger partial charge on any atom is -0.494 e. The molecule has 1 amide bonds. The molecule has 9 nitrogen and oxygen atoms in total. The minimum atomic E-state index is -3.48. The number of halogens is 1. The van der Waals surface area contributed by atoms with Crippen LogP contribution in [0.5, 0.6) is 5.88 Å². The molecule has 1 aromatic heterocycles. The number of H-pyrrole nitrogens is 1. The van der Waals surface area contributed by atoms with E-state index in [2.05, 4.69) is 10.3 Å². The minimum absolute atomic E-state index is 0.0631. The first-order valence-corrected chi connectivity index (χ1v) is 14.8. The van der Waals surface area contributed by atoms with Crippen LogP contribution in [0.3, 0.4) is 0 Å². The van der Waals surface area contributed by atoms with Crippen molar-refractivity contribution in [1.82, 2.24) is 15.2 Å². The number of aromatic hydroxyl groups is 1. The van der Waals surface area contributed by atoms with Crippen molar-refractivity contribution in [3.05, 3.63) is 88.4 Å². The van der Waals surface area contributed by atoms with E-state index in [9.17, 15) is 18.3 Å². The number of nitrogens with one attached hydrogen (secondary N) is 2. The zero-order valence-electron chi connectivity index (χ0n) is 22.8. The summed E-state index contributed by atoms with van der Waals surface area (Å²) in [6.45, 7) is 2.68. The Hall–Kier alpha value is -3.86. The summed E-state index contributed by atoms with van der Waals surface area (Å²) in [6, 6.07) is 19.8. The SMILES string of the molecule is CC(=O)NCc1cccc(C(=Nc2ccc(N(CCN(C)C)S(C)(=O)=O)cc2)c2c(O)[nH]c3cc(Cl)ccc23)c1. The van der Waals surface area contributed by atoms with Crippen molar-refractivity contribution in [2.24, 2.45) is 4.99 Å². The number of fused-ring (bicyclic) bond motifs is 1. The summed E-state index contributed by atoms with van der Waals surface area (Å²) < 4.78 is 26.3. The van der Waals surface area contributed by atoms with Gasteiger partial charge in [-0.25, -0.2) is 13.4 Å². The number of benzene rings is 3. The second-order valence-corrected chi connectivity index (χ2v) is 12.1. The topological polar surface area (TPSA) is 118 Å². The van der Waals surface area contributed by atoms with Gasteiger partial charge in [0.2, 0.25) is 15.9 Å². The van der Waals surface area contributed by atoms with Gasteiger partial charge >= 0.3 is 0 Å². The number of carbonyl (C=O) groups is 1. The van der Waals surface area contributed by atoms with Crippen LogP contribution in [0.15, 0.2) is 71.7 Å². The average molecular weight is 582 g/mol. The predicted octanol–water partition coefficient (Wildman–Crippen LogP) is 4.66. The molecular weight excluding hydrogens is 550 g/mol. The third kappa shape index (κ3) is 7.01. The van der Waals surface area contributed by atoms with Crippen molar-refractivity contribution in [2.45, 2.75) is 13.5 Å². The molecule has 11 heteroatoms. The molecule has 0 aliphatic carbocycles. The van der Waals surface area contributed by atoms with Crippen LogP contribution >= 0.6 is 11.6 Å². The Morgan fingerprint density at radius 1 is 1.05 bits per heavy atom. The molecule has 0 fully saturated rings. The van der Waals surface area contributed by atoms with Gasteiger partial charge in [0.15, 0.2) is 5.88 Å². The highest BCUT2D eigenvalue weighted by atomic mass is 35.5. The number of hydrogen-bond donors (Lipinski definition) is 3. The smallest absolute Gasteiger partial charge is 0.232 e. The molecule has 210 valence electrons. The van der Waals surface area contributed by atoms with Crippen LogP contribution < -0.4 is 9.62 Å². The van der Waals surface area contributed by atoms with Gasteiger partial charge in [-0.1, -0.05) is 35.9 Å². The lowest BCUT2D eigenvalue weighted by Crippen LogP contribution is -2.35. The number of amides is 1. The quantitative estimate of drug-likeness (QED) is 0.235. The fourth-order valence-electron chi connectivity index (χ4n) is 4.31. The Kier molecular flexibility index (Phi) is 8.82. The summed E-state index contributed by atoms with van der Waals surface area (Å²) in [7, 11) is 0.291. The van der Waals surface area contributed by atoms with Crippen LogP contribution in [-0.4, -0.2) is 68.5 Å². The van der Waals surface area contributed by atoms with Gasteiger partial charge in [0.1, 0.15) is 0 Å². The Morgan fingerprint density at radius 3 is 2.42 bits per heavy atom. The predicted molar refractivity (Wildman–Crippen MR) is 161 cm³/mol. The number of likely N-dealkylation sites (N-methyl/N-ethyl adjacent to an activating group) is 1. The third-order valence-electron chi connectivity index (χ3n) is 6.25. The zero-order valence-corrected chi connectivity index (χ0v) is 24.3. The maximum atomic E-state index is 12.5. The lowest BCUT2D eigenvalue weighted by molar-refractivity contribution is -0.119. The maximum Gasteiger partial charge on any atom is 0.232 e. The number of rotatable bonds is 10. The number of anilines is 1. The van der Waals surface area contributed by atoms with Gasteiger partial charge in [-0.2, -0.15) is 0 Å². The Morgan fingerprint density at radius 2 is 1.77 bits per heavy atom. The summed E-state index contributed by atoms with van der Waals surface area (Å²) in [6.07, 6.45) is 1.19. The number of sulfonamides is 1. The van der Waals surface area contributed by atoms with Gasteiger partial charge < -0.3 is 20.3 Å². The summed E-state index contributed by atoms with van der Waals surface area (Å²) in [5.74, 6) is -0.203. The lowest BCUT2D eigenvalue weighted by Gasteiger charge is -2.24. The molecule has 0 unspecified atom stereocenters. The van der Waals surface area contributed by atoms with E-state index < -0.39 is 10.0 Å². The summed E-state index contributed by atoms with van der Waals surface area (Å²) in [4.78, 5) is 21.3. The molecule has 0 spiro atoms. The van der Waals surface area contributed by atoms with Crippen LogP contribution in [0.25, 0.3) is 10.9 Å². The van der Waals surface area contributed by atoms with Crippen LogP contribution in [0.4, 0.5) is 11.4 Å². The fourth-order valence-corrected chi connectivity index (χ4v) is 5.40. The summed E-state index contributed by atoms with van der Waals surface area (Å²) >= 11 is 6.18. The first-order chi connectivity index (χ1) is 18.9. The lowest BCUT2D eigenvalue weighted by atomic mass is 9.99. The van der Waals surface area contributed by atoms with E-state index in [0.29, 0.717) is 52.8 Å². The van der Waals surface area contributed by atoms with Crippen molar-refractivity contribution < 1.29 is 18.3 Å². The number of carbonyl (C=O) groups excluding carboxylic acids is 1. The Balaban J connectivity index is 1.82. The molecule has 0 aliphatic rings.